The Bertz CT molecular complexity index is 1590. The van der Waals surface area contributed by atoms with Crippen molar-refractivity contribution in [3.8, 4) is 28.3 Å². The predicted molar refractivity (Wildman–Crippen MR) is 130 cm³/mol. The Hall–Kier alpha value is -4.09. The summed E-state index contributed by atoms with van der Waals surface area (Å²) in [5.74, 6) is -1.33. The van der Waals surface area contributed by atoms with Crippen LogP contribution in [0, 0.1) is 29.9 Å². The van der Waals surface area contributed by atoms with Crippen LogP contribution in [0.2, 0.25) is 0 Å². The number of aromatic nitrogens is 1. The van der Waals surface area contributed by atoms with Gasteiger partial charge in [0.1, 0.15) is 17.7 Å². The summed E-state index contributed by atoms with van der Waals surface area (Å²) in [6, 6.07) is 14.0. The van der Waals surface area contributed by atoms with E-state index in [-0.39, 0.29) is 35.2 Å². The molecule has 2 aliphatic heterocycles. The lowest BCUT2D eigenvalue weighted by atomic mass is 9.91. The minimum atomic E-state index is -0.692. The van der Waals surface area contributed by atoms with Crippen LogP contribution in [0.3, 0.4) is 0 Å². The molecule has 0 saturated carbocycles. The van der Waals surface area contributed by atoms with Gasteiger partial charge in [0, 0.05) is 34.6 Å². The van der Waals surface area contributed by atoms with Gasteiger partial charge < -0.3 is 15.2 Å². The predicted octanol–water partition coefficient (Wildman–Crippen LogP) is 5.32. The fourth-order valence-electron chi connectivity index (χ4n) is 5.71. The molecule has 1 aromatic heterocycles. The minimum Gasteiger partial charge on any atom is -0.356 e. The highest BCUT2D eigenvalue weighted by Crippen LogP contribution is 2.40. The van der Waals surface area contributed by atoms with Crippen molar-refractivity contribution in [2.45, 2.75) is 44.3 Å². The second-order valence-electron chi connectivity index (χ2n) is 9.57. The van der Waals surface area contributed by atoms with Crippen molar-refractivity contribution in [2.75, 3.05) is 0 Å². The number of rotatable bonds is 3. The smallest absolute Gasteiger partial charge is 0.254 e. The van der Waals surface area contributed by atoms with Crippen LogP contribution in [0.5, 0.6) is 0 Å². The van der Waals surface area contributed by atoms with E-state index in [1.165, 1.54) is 18.2 Å². The molecule has 8 heteroatoms. The summed E-state index contributed by atoms with van der Waals surface area (Å²) in [4.78, 5) is 15.4. The summed E-state index contributed by atoms with van der Waals surface area (Å²) in [7, 11) is 0. The third kappa shape index (κ3) is 3.39. The summed E-state index contributed by atoms with van der Waals surface area (Å²) < 4.78 is 35.3. The number of benzene rings is 3. The molecule has 2 fully saturated rings. The van der Waals surface area contributed by atoms with E-state index in [0.29, 0.717) is 38.9 Å². The molecule has 2 saturated heterocycles. The number of nitriles is 1. The number of carbonyl (C=O) groups is 1. The maximum atomic E-state index is 15.3. The second kappa shape index (κ2) is 8.25. The molecule has 0 spiro atoms. The molecule has 6 nitrogen and oxygen atoms in total. The topological polar surface area (TPSA) is 96.2 Å². The van der Waals surface area contributed by atoms with E-state index < -0.39 is 11.6 Å². The first-order valence-electron chi connectivity index (χ1n) is 11.8. The monoisotopic (exact) mass is 484 g/mol. The van der Waals surface area contributed by atoms with Gasteiger partial charge in [-0.2, -0.15) is 5.26 Å². The van der Waals surface area contributed by atoms with Crippen molar-refractivity contribution in [3.63, 3.8) is 0 Å². The molecule has 3 heterocycles. The molecule has 3 aromatic carbocycles. The van der Waals surface area contributed by atoms with Crippen molar-refractivity contribution < 1.29 is 18.1 Å². The number of nitrogens with zero attached hydrogens (tertiary/aromatic N) is 3. The molecule has 0 radical (unpaired) electrons. The van der Waals surface area contributed by atoms with Crippen molar-refractivity contribution >= 4 is 16.9 Å². The van der Waals surface area contributed by atoms with Crippen LogP contribution in [0.15, 0.2) is 53.1 Å². The van der Waals surface area contributed by atoms with Gasteiger partial charge in [0.25, 0.3) is 5.91 Å². The molecule has 1 amide bonds. The van der Waals surface area contributed by atoms with Gasteiger partial charge >= 0.3 is 0 Å². The van der Waals surface area contributed by atoms with Crippen LogP contribution in [0.4, 0.5) is 8.78 Å². The summed E-state index contributed by atoms with van der Waals surface area (Å²) >= 11 is 0. The Morgan fingerprint density at radius 3 is 2.61 bits per heavy atom. The van der Waals surface area contributed by atoms with E-state index in [1.807, 2.05) is 11.0 Å². The quantitative estimate of drug-likeness (QED) is 0.424. The zero-order valence-corrected chi connectivity index (χ0v) is 19.5. The fraction of sp³-hybridized carbons (Fsp3) is 0.250. The SMILES string of the molecule is Cc1noc2cc(-c3ccc(C(=O)N4[C@@H]5CC[C@H]4[C@@H](N)C5)cc3-c3ccc(C#N)c(F)c3)c(F)cc12. The highest BCUT2D eigenvalue weighted by molar-refractivity contribution is 5.99. The lowest BCUT2D eigenvalue weighted by Gasteiger charge is -2.24. The molecule has 36 heavy (non-hydrogen) atoms. The number of halogens is 2. The number of hydrogen-bond donors (Lipinski definition) is 1. The largest absolute Gasteiger partial charge is 0.356 e. The van der Waals surface area contributed by atoms with E-state index in [2.05, 4.69) is 5.16 Å². The molecule has 2 N–H and O–H groups in total. The first kappa shape index (κ1) is 22.4. The average Bonchev–Trinajstić information content (AvgIpc) is 3.55. The van der Waals surface area contributed by atoms with Gasteiger partial charge in [0.2, 0.25) is 0 Å². The van der Waals surface area contributed by atoms with Crippen molar-refractivity contribution in [2.24, 2.45) is 5.73 Å². The zero-order valence-electron chi connectivity index (χ0n) is 19.5. The lowest BCUT2D eigenvalue weighted by Crippen LogP contribution is -2.40. The Kier molecular flexibility index (Phi) is 5.13. The van der Waals surface area contributed by atoms with Gasteiger partial charge in [-0.25, -0.2) is 8.78 Å². The molecule has 180 valence electrons. The summed E-state index contributed by atoms with van der Waals surface area (Å²) in [6.45, 7) is 1.73. The van der Waals surface area contributed by atoms with Crippen molar-refractivity contribution in [1.82, 2.24) is 10.1 Å². The molecular formula is C28H22F2N4O2. The highest BCUT2D eigenvalue weighted by Gasteiger charge is 2.47. The van der Waals surface area contributed by atoms with Crippen molar-refractivity contribution in [3.05, 3.63) is 77.0 Å². The van der Waals surface area contributed by atoms with E-state index in [1.54, 1.807) is 37.3 Å². The van der Waals surface area contributed by atoms with Gasteiger partial charge in [0.05, 0.1) is 11.3 Å². The molecule has 3 atom stereocenters. The standard InChI is InChI=1S/C28H22F2N4O2/c1-14-20-11-24(30)22(12-27(20)36-33-14)19-6-4-16(28(35)34-18-5-7-26(34)25(32)10-18)8-21(19)15-2-3-17(13-31)23(29)9-15/h2-4,6,8-9,11-12,18,25-26H,5,7,10,32H2,1H3/t18-,25+,26+/m1/s1. The Labute approximate surface area is 205 Å². The van der Waals surface area contributed by atoms with Gasteiger partial charge in [0.15, 0.2) is 5.58 Å². The molecule has 0 aliphatic carbocycles. The minimum absolute atomic E-state index is 0.00697. The van der Waals surface area contributed by atoms with E-state index >= 15 is 4.39 Å². The van der Waals surface area contributed by atoms with Gasteiger partial charge in [-0.3, -0.25) is 4.79 Å². The Morgan fingerprint density at radius 2 is 1.92 bits per heavy atom. The van der Waals surface area contributed by atoms with E-state index in [9.17, 15) is 9.18 Å². The lowest BCUT2D eigenvalue weighted by molar-refractivity contribution is 0.0726. The highest BCUT2D eigenvalue weighted by atomic mass is 19.1. The number of nitrogens with two attached hydrogens (primary N) is 1. The molecule has 4 aromatic rings. The molecule has 2 aliphatic rings. The second-order valence-corrected chi connectivity index (χ2v) is 9.57. The molecular weight excluding hydrogens is 462 g/mol. The molecule has 0 unspecified atom stereocenters. The van der Waals surface area contributed by atoms with Crippen LogP contribution in [-0.4, -0.2) is 34.1 Å². The number of fused-ring (bicyclic) bond motifs is 3. The normalized spacial score (nSPS) is 20.8. The summed E-state index contributed by atoms with van der Waals surface area (Å²) in [6.07, 6.45) is 2.59. The summed E-state index contributed by atoms with van der Waals surface area (Å²) in [5, 5.41) is 13.6. The third-order valence-electron chi connectivity index (χ3n) is 7.52. The van der Waals surface area contributed by atoms with Crippen LogP contribution < -0.4 is 5.73 Å². The average molecular weight is 485 g/mol. The zero-order chi connectivity index (χ0) is 25.1. The molecule has 2 bridgehead atoms. The van der Waals surface area contributed by atoms with E-state index in [0.717, 1.165) is 19.3 Å². The van der Waals surface area contributed by atoms with Gasteiger partial charge in [-0.15, -0.1) is 0 Å². The third-order valence-corrected chi connectivity index (χ3v) is 7.52. The number of aryl methyl sites for hydroxylation is 1. The maximum Gasteiger partial charge on any atom is 0.254 e. The maximum absolute atomic E-state index is 15.3. The number of amides is 1. The van der Waals surface area contributed by atoms with Crippen LogP contribution in [-0.2, 0) is 0 Å². The number of carbonyl (C=O) groups excluding carboxylic acids is 1. The summed E-state index contributed by atoms with van der Waals surface area (Å²) in [5.41, 5.74) is 9.14. The first-order chi connectivity index (χ1) is 17.4. The van der Waals surface area contributed by atoms with Gasteiger partial charge in [-0.1, -0.05) is 17.3 Å². The van der Waals surface area contributed by atoms with Crippen LogP contribution in [0.1, 0.15) is 40.9 Å². The van der Waals surface area contributed by atoms with Crippen LogP contribution in [0.25, 0.3) is 33.2 Å². The number of hydrogen-bond acceptors (Lipinski definition) is 5. The van der Waals surface area contributed by atoms with Gasteiger partial charge in [-0.05, 0) is 79.3 Å². The Balaban J connectivity index is 1.51. The van der Waals surface area contributed by atoms with E-state index in [4.69, 9.17) is 15.5 Å². The Morgan fingerprint density at radius 1 is 1.08 bits per heavy atom. The first-order valence-corrected chi connectivity index (χ1v) is 11.8. The molecule has 6 rings (SSSR count). The van der Waals surface area contributed by atoms with Crippen LogP contribution >= 0.6 is 0 Å². The van der Waals surface area contributed by atoms with Crippen molar-refractivity contribution in [1.29, 1.82) is 5.26 Å². The fourth-order valence-corrected chi connectivity index (χ4v) is 5.71.